The van der Waals surface area contributed by atoms with E-state index < -0.39 is 6.10 Å². The van der Waals surface area contributed by atoms with Crippen molar-refractivity contribution in [2.24, 2.45) is 10.7 Å². The minimum absolute atomic E-state index is 0.00666. The van der Waals surface area contributed by atoms with Crippen LogP contribution in [0.1, 0.15) is 49.9 Å². The fourth-order valence-corrected chi connectivity index (χ4v) is 4.46. The highest BCUT2D eigenvalue weighted by Crippen LogP contribution is 2.49. The first-order valence-electron chi connectivity index (χ1n) is 10.3. The third kappa shape index (κ3) is 3.18. The molecule has 1 aromatic carbocycles. The van der Waals surface area contributed by atoms with Crippen molar-refractivity contribution in [3.05, 3.63) is 47.4 Å². The maximum absolute atomic E-state index is 10.1. The Bertz CT molecular complexity index is 975. The predicted molar refractivity (Wildman–Crippen MR) is 112 cm³/mol. The second-order valence-corrected chi connectivity index (χ2v) is 8.60. The summed E-state index contributed by atoms with van der Waals surface area (Å²) < 4.78 is 5.92. The van der Waals surface area contributed by atoms with Gasteiger partial charge in [-0.3, -0.25) is 4.99 Å². The van der Waals surface area contributed by atoms with Crippen LogP contribution in [0.5, 0.6) is 5.75 Å². The van der Waals surface area contributed by atoms with E-state index in [1.54, 1.807) is 6.33 Å². The molecule has 152 valence electrons. The van der Waals surface area contributed by atoms with Crippen LogP contribution in [0.25, 0.3) is 0 Å². The standard InChI is InChI=1S/C22H27N5O2/c1-11(2)29-13-4-5-14-15-7-17(15)26-22(16(14)6-13)18-8-20(25-10-24-18)27-9-19(28)21(23)12(27)3/h4-6,8,10-12,15,17,19,21,28H,7,9,23H2,1-3H3/t12?,15?,17?,19-,21-/m0/s1. The van der Waals surface area contributed by atoms with Crippen molar-refractivity contribution in [3.8, 4) is 5.75 Å². The zero-order valence-corrected chi connectivity index (χ0v) is 17.0. The Morgan fingerprint density at radius 3 is 2.79 bits per heavy atom. The number of aromatic nitrogens is 2. The molecule has 5 atom stereocenters. The van der Waals surface area contributed by atoms with Gasteiger partial charge in [-0.05, 0) is 44.9 Å². The second kappa shape index (κ2) is 6.78. The number of rotatable bonds is 4. The van der Waals surface area contributed by atoms with E-state index in [9.17, 15) is 5.11 Å². The lowest BCUT2D eigenvalue weighted by molar-refractivity contribution is 0.175. The van der Waals surface area contributed by atoms with E-state index in [-0.39, 0.29) is 18.2 Å². The average molecular weight is 393 g/mol. The molecule has 2 aromatic rings. The van der Waals surface area contributed by atoms with Crippen molar-refractivity contribution < 1.29 is 9.84 Å². The molecule has 3 N–H and O–H groups in total. The first kappa shape index (κ1) is 18.5. The van der Waals surface area contributed by atoms with Gasteiger partial charge in [-0.15, -0.1) is 0 Å². The highest BCUT2D eigenvalue weighted by atomic mass is 16.5. The van der Waals surface area contributed by atoms with E-state index in [4.69, 9.17) is 15.5 Å². The molecule has 0 amide bonds. The van der Waals surface area contributed by atoms with Crippen LogP contribution in [0.4, 0.5) is 5.82 Å². The second-order valence-electron chi connectivity index (χ2n) is 8.60. The molecule has 0 bridgehead atoms. The molecule has 3 aliphatic rings. The van der Waals surface area contributed by atoms with E-state index in [1.165, 1.54) is 5.56 Å². The third-order valence-corrected chi connectivity index (χ3v) is 6.17. The quantitative estimate of drug-likeness (QED) is 0.823. The lowest BCUT2D eigenvalue weighted by Crippen LogP contribution is -2.40. The Morgan fingerprint density at radius 1 is 1.24 bits per heavy atom. The molecule has 3 unspecified atom stereocenters. The predicted octanol–water partition coefficient (Wildman–Crippen LogP) is 1.87. The van der Waals surface area contributed by atoms with E-state index in [1.807, 2.05) is 31.7 Å². The van der Waals surface area contributed by atoms with Gasteiger partial charge in [0.15, 0.2) is 0 Å². The summed E-state index contributed by atoms with van der Waals surface area (Å²) in [4.78, 5) is 16.0. The van der Waals surface area contributed by atoms with Crippen molar-refractivity contribution in [2.75, 3.05) is 11.4 Å². The fourth-order valence-electron chi connectivity index (χ4n) is 4.46. The molecule has 7 nitrogen and oxygen atoms in total. The van der Waals surface area contributed by atoms with E-state index in [2.05, 4.69) is 28.2 Å². The highest BCUT2D eigenvalue weighted by Gasteiger charge is 2.44. The molecule has 0 radical (unpaired) electrons. The molecule has 29 heavy (non-hydrogen) atoms. The van der Waals surface area contributed by atoms with Crippen LogP contribution in [-0.2, 0) is 0 Å². The SMILES string of the molecule is CC(C)Oc1ccc2c(c1)C(c1cc(N3C[C@H](O)[C@@H](N)C3C)ncn1)=NC1CC21. The number of benzene rings is 1. The Labute approximate surface area is 170 Å². The summed E-state index contributed by atoms with van der Waals surface area (Å²) in [7, 11) is 0. The largest absolute Gasteiger partial charge is 0.491 e. The Balaban J connectivity index is 1.52. The molecule has 1 saturated carbocycles. The lowest BCUT2D eigenvalue weighted by atomic mass is 9.94. The number of hydrogen-bond donors (Lipinski definition) is 2. The van der Waals surface area contributed by atoms with E-state index in [0.29, 0.717) is 18.5 Å². The molecule has 7 heteroatoms. The fraction of sp³-hybridized carbons (Fsp3) is 0.500. The van der Waals surface area contributed by atoms with Crippen molar-refractivity contribution >= 4 is 11.5 Å². The third-order valence-electron chi connectivity index (χ3n) is 6.17. The average Bonchev–Trinajstić information content (AvgIpc) is 3.44. The van der Waals surface area contributed by atoms with E-state index >= 15 is 0 Å². The number of anilines is 1. The molecule has 2 aliphatic heterocycles. The topological polar surface area (TPSA) is 96.9 Å². The van der Waals surface area contributed by atoms with Crippen LogP contribution >= 0.6 is 0 Å². The van der Waals surface area contributed by atoms with Crippen LogP contribution in [0.15, 0.2) is 35.6 Å². The minimum atomic E-state index is -0.556. The van der Waals surface area contributed by atoms with Crippen LogP contribution < -0.4 is 15.4 Å². The van der Waals surface area contributed by atoms with Crippen LogP contribution in [-0.4, -0.2) is 57.7 Å². The summed E-state index contributed by atoms with van der Waals surface area (Å²) in [5.41, 5.74) is 10.2. The van der Waals surface area contributed by atoms with Crippen molar-refractivity contribution in [2.45, 2.75) is 63.4 Å². The summed E-state index contributed by atoms with van der Waals surface area (Å²) >= 11 is 0. The number of nitrogens with two attached hydrogens (primary N) is 1. The van der Waals surface area contributed by atoms with Crippen LogP contribution in [0.2, 0.25) is 0 Å². The number of hydrogen-bond acceptors (Lipinski definition) is 7. The molecular formula is C22H27N5O2. The van der Waals surface area contributed by atoms with Gasteiger partial charge in [-0.1, -0.05) is 6.07 Å². The maximum atomic E-state index is 10.1. The normalized spacial score (nSPS) is 30.1. The van der Waals surface area contributed by atoms with Gasteiger partial charge < -0.3 is 20.5 Å². The molecule has 0 spiro atoms. The van der Waals surface area contributed by atoms with Gasteiger partial charge in [0.2, 0.25) is 0 Å². The molecule has 3 heterocycles. The highest BCUT2D eigenvalue weighted by molar-refractivity contribution is 6.14. The molecular weight excluding hydrogens is 366 g/mol. The number of fused-ring (bicyclic) bond motifs is 3. The van der Waals surface area contributed by atoms with Gasteiger partial charge in [-0.25, -0.2) is 9.97 Å². The smallest absolute Gasteiger partial charge is 0.132 e. The van der Waals surface area contributed by atoms with Gasteiger partial charge in [0.05, 0.1) is 35.7 Å². The molecule has 2 fully saturated rings. The number of aliphatic hydroxyl groups excluding tert-OH is 1. The van der Waals surface area contributed by atoms with Gasteiger partial charge >= 0.3 is 0 Å². The number of aliphatic imine (C=N–C) groups is 1. The molecule has 1 aliphatic carbocycles. The molecule has 5 rings (SSSR count). The maximum Gasteiger partial charge on any atom is 0.132 e. The summed E-state index contributed by atoms with van der Waals surface area (Å²) in [6, 6.07) is 8.33. The van der Waals surface area contributed by atoms with Gasteiger partial charge in [0.25, 0.3) is 0 Å². The van der Waals surface area contributed by atoms with Gasteiger partial charge in [0, 0.05) is 30.1 Å². The van der Waals surface area contributed by atoms with E-state index in [0.717, 1.165) is 35.0 Å². The van der Waals surface area contributed by atoms with Crippen LogP contribution in [0.3, 0.4) is 0 Å². The summed E-state index contributed by atoms with van der Waals surface area (Å²) in [6.45, 7) is 6.54. The van der Waals surface area contributed by atoms with Gasteiger partial charge in [0.1, 0.15) is 17.9 Å². The first-order chi connectivity index (χ1) is 13.9. The van der Waals surface area contributed by atoms with Gasteiger partial charge in [-0.2, -0.15) is 0 Å². The van der Waals surface area contributed by atoms with Crippen LogP contribution in [0, 0.1) is 0 Å². The number of aliphatic hydroxyl groups is 1. The van der Waals surface area contributed by atoms with Crippen molar-refractivity contribution in [3.63, 3.8) is 0 Å². The molecule has 1 saturated heterocycles. The Kier molecular flexibility index (Phi) is 4.33. The Morgan fingerprint density at radius 2 is 2.07 bits per heavy atom. The zero-order chi connectivity index (χ0) is 20.3. The van der Waals surface area contributed by atoms with Crippen molar-refractivity contribution in [1.82, 2.24) is 9.97 Å². The summed E-state index contributed by atoms with van der Waals surface area (Å²) in [5.74, 6) is 2.13. The monoisotopic (exact) mass is 393 g/mol. The Hall–Kier alpha value is -2.51. The molecule has 1 aromatic heterocycles. The number of β-amino-alcohol motifs (C(OH)–C–C–N with tert-alkyl or cyclic N) is 1. The zero-order valence-electron chi connectivity index (χ0n) is 17.0. The number of nitrogens with zero attached hydrogens (tertiary/aromatic N) is 4. The summed E-state index contributed by atoms with van der Waals surface area (Å²) in [5, 5.41) is 10.1. The first-order valence-corrected chi connectivity index (χ1v) is 10.3. The van der Waals surface area contributed by atoms with Crippen molar-refractivity contribution in [1.29, 1.82) is 0 Å². The lowest BCUT2D eigenvalue weighted by Gasteiger charge is -2.24. The summed E-state index contributed by atoms with van der Waals surface area (Å²) in [6.07, 6.45) is 2.22. The number of ether oxygens (including phenoxy) is 1. The minimum Gasteiger partial charge on any atom is -0.491 e.